The third-order valence-electron chi connectivity index (χ3n) is 1.51. The van der Waals surface area contributed by atoms with Crippen LogP contribution in [0, 0.1) is 0 Å². The fourth-order valence-electron chi connectivity index (χ4n) is 0.890. The van der Waals surface area contributed by atoms with Crippen molar-refractivity contribution in [2.75, 3.05) is 7.11 Å². The van der Waals surface area contributed by atoms with Crippen LogP contribution in [0.3, 0.4) is 0 Å². The van der Waals surface area contributed by atoms with E-state index in [0.29, 0.717) is 6.42 Å². The third-order valence-corrected chi connectivity index (χ3v) is 1.51. The van der Waals surface area contributed by atoms with Gasteiger partial charge in [-0.15, -0.1) is 0 Å². The molecule has 1 aliphatic rings. The molecule has 0 unspecified atom stereocenters. The van der Waals surface area contributed by atoms with Crippen molar-refractivity contribution >= 4 is 0 Å². The predicted octanol–water partition coefficient (Wildman–Crippen LogP) is -0.873. The van der Waals surface area contributed by atoms with Crippen molar-refractivity contribution < 1.29 is 14.9 Å². The number of hydrogen-bond donors (Lipinski definition) is 2. The summed E-state index contributed by atoms with van der Waals surface area (Å²) in [4.78, 5) is 0. The van der Waals surface area contributed by atoms with Crippen LogP contribution in [0.15, 0.2) is 0 Å². The second kappa shape index (κ2) is 2.01. The zero-order valence-corrected chi connectivity index (χ0v) is 4.74. The molecule has 8 heavy (non-hydrogen) atoms. The number of rotatable bonds is 1. The standard InChI is InChI=1S/C5H10O3/c1-8-5-3(6)2-4(5)7/h3-7H,2H2,1H3/t3-,4-/m0/s1. The number of methoxy groups -OCH3 is 1. The van der Waals surface area contributed by atoms with E-state index in [2.05, 4.69) is 0 Å². The van der Waals surface area contributed by atoms with Crippen molar-refractivity contribution in [2.24, 2.45) is 0 Å². The van der Waals surface area contributed by atoms with Crippen molar-refractivity contribution in [3.63, 3.8) is 0 Å². The topological polar surface area (TPSA) is 49.7 Å². The lowest BCUT2D eigenvalue weighted by Gasteiger charge is -2.36. The highest BCUT2D eigenvalue weighted by Crippen LogP contribution is 2.22. The first-order chi connectivity index (χ1) is 3.75. The van der Waals surface area contributed by atoms with Gasteiger partial charge in [-0.05, 0) is 0 Å². The summed E-state index contributed by atoms with van der Waals surface area (Å²) in [5.41, 5.74) is 0. The summed E-state index contributed by atoms with van der Waals surface area (Å²) in [7, 11) is 1.48. The Hall–Kier alpha value is -0.120. The van der Waals surface area contributed by atoms with E-state index in [1.165, 1.54) is 7.11 Å². The Morgan fingerprint density at radius 2 is 1.88 bits per heavy atom. The van der Waals surface area contributed by atoms with Crippen LogP contribution in [0.5, 0.6) is 0 Å². The molecule has 0 saturated heterocycles. The summed E-state index contributed by atoms with van der Waals surface area (Å²) < 4.78 is 4.71. The molecule has 0 aromatic carbocycles. The quantitative estimate of drug-likeness (QED) is 0.470. The Morgan fingerprint density at radius 3 is 2.00 bits per heavy atom. The molecule has 1 fully saturated rings. The van der Waals surface area contributed by atoms with Crippen molar-refractivity contribution in [2.45, 2.75) is 24.7 Å². The molecule has 0 radical (unpaired) electrons. The Labute approximate surface area is 47.9 Å². The van der Waals surface area contributed by atoms with Crippen LogP contribution in [0.4, 0.5) is 0 Å². The summed E-state index contributed by atoms with van der Waals surface area (Å²) in [6.07, 6.45) is -0.779. The average molecular weight is 118 g/mol. The minimum Gasteiger partial charge on any atom is -0.390 e. The largest absolute Gasteiger partial charge is 0.390 e. The zero-order valence-electron chi connectivity index (χ0n) is 4.74. The van der Waals surface area contributed by atoms with Crippen LogP contribution in [-0.4, -0.2) is 35.6 Å². The fraction of sp³-hybridized carbons (Fsp3) is 1.00. The molecule has 0 aromatic rings. The number of aliphatic hydroxyl groups is 2. The lowest BCUT2D eigenvalue weighted by Crippen LogP contribution is -2.51. The van der Waals surface area contributed by atoms with Gasteiger partial charge in [-0.3, -0.25) is 0 Å². The van der Waals surface area contributed by atoms with Crippen molar-refractivity contribution in [3.05, 3.63) is 0 Å². The van der Waals surface area contributed by atoms with E-state index in [1.807, 2.05) is 0 Å². The number of aliphatic hydroxyl groups excluding tert-OH is 2. The minimum absolute atomic E-state index is 0.338. The SMILES string of the molecule is COC1[C@@H](O)C[C@@H]1O. The Bertz CT molecular complexity index is 75.7. The molecule has 0 bridgehead atoms. The molecule has 0 aromatic heterocycles. The predicted molar refractivity (Wildman–Crippen MR) is 27.4 cm³/mol. The summed E-state index contributed by atoms with van der Waals surface area (Å²) in [5, 5.41) is 17.6. The van der Waals surface area contributed by atoms with E-state index in [-0.39, 0.29) is 6.10 Å². The van der Waals surface area contributed by atoms with Gasteiger partial charge in [0.25, 0.3) is 0 Å². The van der Waals surface area contributed by atoms with Gasteiger partial charge in [0.1, 0.15) is 6.10 Å². The molecule has 2 atom stereocenters. The molecule has 0 heterocycles. The van der Waals surface area contributed by atoms with E-state index in [4.69, 9.17) is 14.9 Å². The van der Waals surface area contributed by atoms with Gasteiger partial charge in [-0.25, -0.2) is 0 Å². The normalized spacial score (nSPS) is 39.4. The van der Waals surface area contributed by atoms with Crippen molar-refractivity contribution in [3.8, 4) is 0 Å². The Kier molecular flexibility index (Phi) is 1.51. The monoisotopic (exact) mass is 118 g/mol. The van der Waals surface area contributed by atoms with E-state index in [1.54, 1.807) is 0 Å². The maximum absolute atomic E-state index is 8.79. The molecule has 3 heteroatoms. The summed E-state index contributed by atoms with van der Waals surface area (Å²) in [6.45, 7) is 0. The van der Waals surface area contributed by atoms with Gasteiger partial charge in [0.05, 0.1) is 12.2 Å². The Balaban J connectivity index is 2.29. The maximum atomic E-state index is 8.79. The van der Waals surface area contributed by atoms with Crippen LogP contribution in [0.1, 0.15) is 6.42 Å². The zero-order chi connectivity index (χ0) is 6.15. The summed E-state index contributed by atoms with van der Waals surface area (Å²) >= 11 is 0. The van der Waals surface area contributed by atoms with Crippen LogP contribution in [0.2, 0.25) is 0 Å². The molecule has 0 spiro atoms. The van der Waals surface area contributed by atoms with Crippen LogP contribution in [0.25, 0.3) is 0 Å². The second-order valence-electron chi connectivity index (χ2n) is 2.07. The van der Waals surface area contributed by atoms with E-state index >= 15 is 0 Å². The molecule has 2 N–H and O–H groups in total. The van der Waals surface area contributed by atoms with Gasteiger partial charge in [-0.1, -0.05) is 0 Å². The maximum Gasteiger partial charge on any atom is 0.109 e. The highest BCUT2D eigenvalue weighted by Gasteiger charge is 2.38. The first-order valence-corrected chi connectivity index (χ1v) is 2.64. The van der Waals surface area contributed by atoms with E-state index in [9.17, 15) is 0 Å². The molecule has 1 rings (SSSR count). The van der Waals surface area contributed by atoms with Gasteiger partial charge < -0.3 is 14.9 Å². The Morgan fingerprint density at radius 1 is 1.38 bits per heavy atom. The summed E-state index contributed by atoms with van der Waals surface area (Å²) in [6, 6.07) is 0. The lowest BCUT2D eigenvalue weighted by molar-refractivity contribution is -0.159. The van der Waals surface area contributed by atoms with Crippen molar-refractivity contribution in [1.29, 1.82) is 0 Å². The molecule has 1 aliphatic carbocycles. The van der Waals surface area contributed by atoms with Gasteiger partial charge in [-0.2, -0.15) is 0 Å². The van der Waals surface area contributed by atoms with E-state index < -0.39 is 12.2 Å². The van der Waals surface area contributed by atoms with Crippen molar-refractivity contribution in [1.82, 2.24) is 0 Å². The molecule has 0 amide bonds. The van der Waals surface area contributed by atoms with Crippen LogP contribution >= 0.6 is 0 Å². The molecular formula is C5H10O3. The van der Waals surface area contributed by atoms with E-state index in [0.717, 1.165) is 0 Å². The number of ether oxygens (including phenoxy) is 1. The van der Waals surface area contributed by atoms with Gasteiger partial charge >= 0.3 is 0 Å². The smallest absolute Gasteiger partial charge is 0.109 e. The van der Waals surface area contributed by atoms with Gasteiger partial charge in [0.15, 0.2) is 0 Å². The molecular weight excluding hydrogens is 108 g/mol. The highest BCUT2D eigenvalue weighted by atomic mass is 16.5. The fourth-order valence-corrected chi connectivity index (χ4v) is 0.890. The molecule has 48 valence electrons. The third kappa shape index (κ3) is 0.727. The first kappa shape index (κ1) is 6.01. The van der Waals surface area contributed by atoms with Crippen LogP contribution < -0.4 is 0 Å². The number of hydrogen-bond acceptors (Lipinski definition) is 3. The highest BCUT2D eigenvalue weighted by molar-refractivity contribution is 4.89. The van der Waals surface area contributed by atoms with Gasteiger partial charge in [0, 0.05) is 13.5 Å². The molecule has 1 saturated carbocycles. The first-order valence-electron chi connectivity index (χ1n) is 2.64. The average Bonchev–Trinajstić information content (AvgIpc) is 1.67. The summed E-state index contributed by atoms with van der Waals surface area (Å²) in [5.74, 6) is 0. The van der Waals surface area contributed by atoms with Gasteiger partial charge in [0.2, 0.25) is 0 Å². The minimum atomic E-state index is -0.449. The van der Waals surface area contributed by atoms with Crippen LogP contribution in [-0.2, 0) is 4.74 Å². The molecule has 3 nitrogen and oxygen atoms in total. The second-order valence-corrected chi connectivity index (χ2v) is 2.07. The molecule has 0 aliphatic heterocycles. The lowest BCUT2D eigenvalue weighted by atomic mass is 9.88.